The number of hydrogen-bond donors (Lipinski definition) is 4. The summed E-state index contributed by atoms with van der Waals surface area (Å²) in [5.74, 6) is -3.78. The van der Waals surface area contributed by atoms with Crippen LogP contribution in [0.1, 0.15) is 73.1 Å². The van der Waals surface area contributed by atoms with Gasteiger partial charge in [0.2, 0.25) is 18.2 Å². The number of nitrogens with zero attached hydrogens (tertiary/aromatic N) is 3. The molecular formula is C38H48F2N6O8S. The summed E-state index contributed by atoms with van der Waals surface area (Å²) in [6.07, 6.45) is -2.10. The minimum absolute atomic E-state index is 0.107. The number of carboxylic acid groups (broad SMARTS) is 1. The van der Waals surface area contributed by atoms with Gasteiger partial charge in [-0.3, -0.25) is 9.59 Å². The number of methoxy groups -OCH3 is 1. The molecule has 5 atom stereocenters. The summed E-state index contributed by atoms with van der Waals surface area (Å²) in [6.45, 7) is 9.11. The summed E-state index contributed by atoms with van der Waals surface area (Å²) in [5.41, 5.74) is -1.41. The minimum Gasteiger partial charge on any atom is -0.497 e. The number of amides is 3. The molecule has 3 amide bonds. The fraction of sp³-hybridized carbons (Fsp3) is 0.579. The number of likely N-dealkylation sites (tertiary alicyclic amines) is 1. The molecule has 4 N–H and O–H groups in total. The zero-order chi connectivity index (χ0) is 39.8. The Labute approximate surface area is 321 Å². The van der Waals surface area contributed by atoms with Crippen LogP contribution >= 0.6 is 11.3 Å². The van der Waals surface area contributed by atoms with Crippen molar-refractivity contribution in [1.29, 1.82) is 0 Å². The van der Waals surface area contributed by atoms with Crippen molar-refractivity contribution in [2.45, 2.75) is 115 Å². The van der Waals surface area contributed by atoms with E-state index in [4.69, 9.17) is 24.2 Å². The molecule has 3 aliphatic rings. The first kappa shape index (κ1) is 39.9. The third-order valence-electron chi connectivity index (χ3n) is 10.3. The van der Waals surface area contributed by atoms with Crippen LogP contribution in [0.25, 0.3) is 22.3 Å². The van der Waals surface area contributed by atoms with E-state index in [9.17, 15) is 33.1 Å². The van der Waals surface area contributed by atoms with Crippen molar-refractivity contribution in [3.8, 4) is 22.9 Å². The van der Waals surface area contributed by atoms with Crippen LogP contribution in [0.4, 0.5) is 18.7 Å². The van der Waals surface area contributed by atoms with Crippen molar-refractivity contribution >= 4 is 51.2 Å². The number of thiazole rings is 1. The third-order valence-corrected chi connectivity index (χ3v) is 11.1. The number of nitrogens with one attached hydrogen (secondary N) is 3. The SMILES string of the molecule is COc1ccc2c(OC3CC(C(=O)NC4(C(=O)O)CC4C(F)F)N(C(=O)C(NC(=O)OC4CCCC4)C(C)(C)C)C3)cc(-c3csc(NC(C)C)n3)nc2c1. The van der Waals surface area contributed by atoms with E-state index in [1.54, 1.807) is 45.0 Å². The van der Waals surface area contributed by atoms with Gasteiger partial charge in [0.1, 0.15) is 47.0 Å². The van der Waals surface area contributed by atoms with E-state index in [0.29, 0.717) is 38.9 Å². The highest BCUT2D eigenvalue weighted by Crippen LogP contribution is 2.48. The molecule has 0 spiro atoms. The molecule has 2 aliphatic carbocycles. The summed E-state index contributed by atoms with van der Waals surface area (Å²) in [4.78, 5) is 64.5. The topological polar surface area (TPSA) is 181 Å². The Morgan fingerprint density at radius 1 is 1.05 bits per heavy atom. The summed E-state index contributed by atoms with van der Waals surface area (Å²) in [5, 5.41) is 21.4. The highest BCUT2D eigenvalue weighted by molar-refractivity contribution is 7.14. The van der Waals surface area contributed by atoms with Gasteiger partial charge in [0.15, 0.2) is 5.13 Å². The molecule has 14 nitrogen and oxygen atoms in total. The number of rotatable bonds is 13. The lowest BCUT2D eigenvalue weighted by Crippen LogP contribution is -2.59. The van der Waals surface area contributed by atoms with Gasteiger partial charge >= 0.3 is 12.1 Å². The second kappa shape index (κ2) is 15.7. The zero-order valence-corrected chi connectivity index (χ0v) is 32.5. The van der Waals surface area contributed by atoms with Crippen LogP contribution in [0.2, 0.25) is 0 Å². The normalized spacial score (nSPS) is 23.2. The van der Waals surface area contributed by atoms with Crippen LogP contribution in [0.15, 0.2) is 29.6 Å². The predicted molar refractivity (Wildman–Crippen MR) is 200 cm³/mol. The molecule has 1 saturated heterocycles. The van der Waals surface area contributed by atoms with E-state index >= 15 is 0 Å². The number of aromatic nitrogens is 2. The van der Waals surface area contributed by atoms with Gasteiger partial charge in [-0.15, -0.1) is 11.3 Å². The van der Waals surface area contributed by atoms with E-state index in [1.165, 1.54) is 23.3 Å². The van der Waals surface area contributed by atoms with E-state index in [0.717, 1.165) is 25.7 Å². The molecule has 5 unspecified atom stereocenters. The highest BCUT2D eigenvalue weighted by atomic mass is 32.1. The smallest absolute Gasteiger partial charge is 0.408 e. The summed E-state index contributed by atoms with van der Waals surface area (Å²) < 4.78 is 45.1. The number of halogens is 2. The van der Waals surface area contributed by atoms with Gasteiger partial charge in [0.25, 0.3) is 0 Å². The number of ether oxygens (including phenoxy) is 3. The van der Waals surface area contributed by atoms with Gasteiger partial charge in [0.05, 0.1) is 30.8 Å². The van der Waals surface area contributed by atoms with Crippen LogP contribution in [0, 0.1) is 11.3 Å². The lowest BCUT2D eigenvalue weighted by Gasteiger charge is -2.35. The Morgan fingerprint density at radius 3 is 2.40 bits per heavy atom. The minimum atomic E-state index is -2.98. The maximum atomic E-state index is 14.5. The summed E-state index contributed by atoms with van der Waals surface area (Å²) in [6, 6.07) is 4.66. The number of benzene rings is 1. The number of alkyl carbamates (subject to hydrolysis) is 1. The highest BCUT2D eigenvalue weighted by Gasteiger charge is 2.66. The fourth-order valence-corrected chi connectivity index (χ4v) is 8.10. The Hall–Kier alpha value is -4.80. The molecule has 55 heavy (non-hydrogen) atoms. The Morgan fingerprint density at radius 2 is 1.78 bits per heavy atom. The molecule has 17 heteroatoms. The van der Waals surface area contributed by atoms with Crippen molar-refractivity contribution in [2.75, 3.05) is 19.0 Å². The number of anilines is 1. The van der Waals surface area contributed by atoms with E-state index in [1.807, 2.05) is 19.2 Å². The lowest BCUT2D eigenvalue weighted by atomic mass is 9.85. The third kappa shape index (κ3) is 8.71. The van der Waals surface area contributed by atoms with Crippen molar-refractivity contribution in [1.82, 2.24) is 25.5 Å². The number of alkyl halides is 2. The molecule has 298 valence electrons. The number of pyridine rings is 1. The quantitative estimate of drug-likeness (QED) is 0.163. The first-order chi connectivity index (χ1) is 26.0. The molecule has 2 aromatic heterocycles. The van der Waals surface area contributed by atoms with Crippen molar-refractivity contribution in [3.05, 3.63) is 29.6 Å². The number of hydrogen-bond acceptors (Lipinski definition) is 11. The Balaban J connectivity index is 1.33. The molecule has 3 heterocycles. The molecule has 3 fully saturated rings. The van der Waals surface area contributed by atoms with Crippen molar-refractivity contribution in [3.63, 3.8) is 0 Å². The van der Waals surface area contributed by atoms with Gasteiger partial charge < -0.3 is 40.2 Å². The predicted octanol–water partition coefficient (Wildman–Crippen LogP) is 5.84. The van der Waals surface area contributed by atoms with Crippen LogP contribution in [-0.4, -0.2) is 99.8 Å². The maximum absolute atomic E-state index is 14.5. The van der Waals surface area contributed by atoms with Crippen LogP contribution in [-0.2, 0) is 19.1 Å². The van der Waals surface area contributed by atoms with E-state index in [-0.39, 0.29) is 25.1 Å². The zero-order valence-electron chi connectivity index (χ0n) is 31.7. The summed E-state index contributed by atoms with van der Waals surface area (Å²) in [7, 11) is 1.54. The molecule has 3 aromatic rings. The van der Waals surface area contributed by atoms with Crippen LogP contribution in [0.5, 0.6) is 11.5 Å². The molecular weight excluding hydrogens is 739 g/mol. The van der Waals surface area contributed by atoms with E-state index in [2.05, 4.69) is 16.0 Å². The molecule has 6 rings (SSSR count). The number of carbonyl (C=O) groups is 4. The average molecular weight is 787 g/mol. The van der Waals surface area contributed by atoms with Crippen molar-refractivity contribution < 1.29 is 47.3 Å². The number of fused-ring (bicyclic) bond motifs is 1. The molecule has 0 bridgehead atoms. The van der Waals surface area contributed by atoms with Gasteiger partial charge in [-0.25, -0.2) is 28.3 Å². The fourth-order valence-electron chi connectivity index (χ4n) is 7.25. The average Bonchev–Trinajstić information content (AvgIpc) is 3.49. The summed E-state index contributed by atoms with van der Waals surface area (Å²) >= 11 is 1.42. The van der Waals surface area contributed by atoms with Crippen LogP contribution < -0.4 is 25.4 Å². The molecule has 2 saturated carbocycles. The van der Waals surface area contributed by atoms with Gasteiger partial charge in [-0.2, -0.15) is 0 Å². The Kier molecular flexibility index (Phi) is 11.4. The standard InChI is InChI=1S/C38H48F2N6O8S/c1-19(2)41-35-43-27(18-55-35)26-15-29(23-12-11-21(52-6)13-25(23)42-26)53-22-14-28(32(47)45-38(34(49)50)16-24(38)31(39)40)46(17-22)33(48)30(37(3,4)5)44-36(51)54-20-9-7-8-10-20/h11-13,15,18-20,22,24,28,30-31H,7-10,14,16-17H2,1-6H3,(H,41,43)(H,44,51)(H,45,47)(H,49,50). The Bertz CT molecular complexity index is 1930. The molecule has 1 aliphatic heterocycles. The largest absolute Gasteiger partial charge is 0.497 e. The van der Waals surface area contributed by atoms with Gasteiger partial charge in [-0.1, -0.05) is 20.8 Å². The van der Waals surface area contributed by atoms with Gasteiger partial charge in [-0.05, 0) is 63.5 Å². The van der Waals surface area contributed by atoms with Crippen LogP contribution in [0.3, 0.4) is 0 Å². The van der Waals surface area contributed by atoms with Crippen molar-refractivity contribution in [2.24, 2.45) is 11.3 Å². The number of carboxylic acids is 1. The monoisotopic (exact) mass is 786 g/mol. The number of carbonyl (C=O) groups excluding carboxylic acids is 3. The first-order valence-corrected chi connectivity index (χ1v) is 19.4. The lowest BCUT2D eigenvalue weighted by molar-refractivity contribution is -0.147. The maximum Gasteiger partial charge on any atom is 0.408 e. The number of aliphatic carboxylic acids is 1. The first-order valence-electron chi connectivity index (χ1n) is 18.5. The van der Waals surface area contributed by atoms with E-state index < -0.39 is 71.8 Å². The molecule has 0 radical (unpaired) electrons. The molecule has 1 aromatic carbocycles. The second-order valence-corrected chi connectivity index (χ2v) is 16.7. The van der Waals surface area contributed by atoms with Gasteiger partial charge in [0, 0.05) is 35.4 Å². The second-order valence-electron chi connectivity index (χ2n) is 15.9.